The Balaban J connectivity index is 2.50. The number of hydrogen-bond donors (Lipinski definition) is 1. The fraction of sp³-hybridized carbons (Fsp3) is 0.643. The molecular formula is C14H24N2O. The molecule has 96 valence electrons. The van der Waals surface area contributed by atoms with E-state index in [1.54, 1.807) is 6.20 Å². The number of aromatic nitrogens is 1. The lowest BCUT2D eigenvalue weighted by Crippen LogP contribution is -2.24. The Morgan fingerprint density at radius 1 is 1.29 bits per heavy atom. The molecule has 1 aromatic heterocycles. The van der Waals surface area contributed by atoms with Gasteiger partial charge in [0, 0.05) is 12.2 Å². The van der Waals surface area contributed by atoms with Crippen LogP contribution >= 0.6 is 0 Å². The van der Waals surface area contributed by atoms with Crippen LogP contribution in [0.2, 0.25) is 0 Å². The third-order valence-electron chi connectivity index (χ3n) is 2.74. The highest BCUT2D eigenvalue weighted by molar-refractivity contribution is 5.25. The molecule has 0 aliphatic carbocycles. The first-order valence-electron chi connectivity index (χ1n) is 6.44. The summed E-state index contributed by atoms with van der Waals surface area (Å²) in [5.41, 5.74) is 1.25. The van der Waals surface area contributed by atoms with Crippen molar-refractivity contribution in [1.29, 1.82) is 0 Å². The summed E-state index contributed by atoms with van der Waals surface area (Å²) in [7, 11) is 0. The lowest BCUT2D eigenvalue weighted by Gasteiger charge is -2.14. The van der Waals surface area contributed by atoms with Gasteiger partial charge in [-0.15, -0.1) is 0 Å². The van der Waals surface area contributed by atoms with Gasteiger partial charge >= 0.3 is 0 Å². The van der Waals surface area contributed by atoms with Crippen LogP contribution in [0, 0.1) is 0 Å². The zero-order valence-corrected chi connectivity index (χ0v) is 11.4. The lowest BCUT2D eigenvalue weighted by atomic mass is 9.99. The smallest absolute Gasteiger partial charge is 0.137 e. The molecule has 1 unspecified atom stereocenters. The van der Waals surface area contributed by atoms with Gasteiger partial charge in [-0.2, -0.15) is 0 Å². The molecule has 0 aliphatic rings. The molecule has 1 atom stereocenters. The van der Waals surface area contributed by atoms with Crippen LogP contribution in [-0.2, 0) is 0 Å². The topological polar surface area (TPSA) is 34.1 Å². The van der Waals surface area contributed by atoms with Crippen molar-refractivity contribution in [2.75, 3.05) is 13.2 Å². The zero-order chi connectivity index (χ0) is 12.7. The van der Waals surface area contributed by atoms with E-state index < -0.39 is 0 Å². The average molecular weight is 236 g/mol. The Morgan fingerprint density at radius 2 is 2.06 bits per heavy atom. The van der Waals surface area contributed by atoms with E-state index in [1.807, 2.05) is 13.1 Å². The Kier molecular flexibility index (Phi) is 5.98. The van der Waals surface area contributed by atoms with E-state index in [-0.39, 0.29) is 0 Å². The summed E-state index contributed by atoms with van der Waals surface area (Å²) in [5, 5.41) is 3.43. The molecule has 0 amide bonds. The molecule has 0 aromatic carbocycles. The predicted molar refractivity (Wildman–Crippen MR) is 71.6 cm³/mol. The summed E-state index contributed by atoms with van der Waals surface area (Å²) in [6.07, 6.45) is 4.82. The Bertz CT molecular complexity index is 326. The van der Waals surface area contributed by atoms with E-state index in [2.05, 4.69) is 37.1 Å². The zero-order valence-electron chi connectivity index (χ0n) is 11.4. The van der Waals surface area contributed by atoms with Gasteiger partial charge in [-0.05, 0) is 37.4 Å². The maximum Gasteiger partial charge on any atom is 0.137 e. The Morgan fingerprint density at radius 3 is 2.71 bits per heavy atom. The molecule has 0 aliphatic heterocycles. The minimum atomic E-state index is 0.508. The van der Waals surface area contributed by atoms with Gasteiger partial charge in [0.1, 0.15) is 5.75 Å². The lowest BCUT2D eigenvalue weighted by molar-refractivity contribution is 0.338. The van der Waals surface area contributed by atoms with Crippen molar-refractivity contribution in [3.8, 4) is 5.75 Å². The van der Waals surface area contributed by atoms with Crippen LogP contribution in [0.3, 0.4) is 0 Å². The summed E-state index contributed by atoms with van der Waals surface area (Å²) < 4.78 is 5.46. The van der Waals surface area contributed by atoms with E-state index in [0.717, 1.165) is 18.7 Å². The molecule has 3 heteroatoms. The highest BCUT2D eigenvalue weighted by Crippen LogP contribution is 2.21. The molecule has 0 fully saturated rings. The SMILES string of the molecule is CCOc1cncc(C(C)CCNC(C)C)c1. The van der Waals surface area contributed by atoms with E-state index >= 15 is 0 Å². The molecule has 0 bridgehead atoms. The highest BCUT2D eigenvalue weighted by atomic mass is 16.5. The van der Waals surface area contributed by atoms with E-state index in [4.69, 9.17) is 4.74 Å². The number of rotatable bonds is 7. The second-order valence-corrected chi connectivity index (χ2v) is 4.69. The van der Waals surface area contributed by atoms with Crippen molar-refractivity contribution < 1.29 is 4.74 Å². The van der Waals surface area contributed by atoms with Crippen molar-refractivity contribution in [2.45, 2.75) is 46.1 Å². The molecule has 0 saturated heterocycles. The van der Waals surface area contributed by atoms with Gasteiger partial charge in [0.15, 0.2) is 0 Å². The highest BCUT2D eigenvalue weighted by Gasteiger charge is 2.07. The van der Waals surface area contributed by atoms with Crippen molar-refractivity contribution in [1.82, 2.24) is 10.3 Å². The van der Waals surface area contributed by atoms with Gasteiger partial charge in [-0.3, -0.25) is 4.98 Å². The molecule has 3 nitrogen and oxygen atoms in total. The number of ether oxygens (including phenoxy) is 1. The fourth-order valence-electron chi connectivity index (χ4n) is 1.71. The largest absolute Gasteiger partial charge is 0.492 e. The standard InChI is InChI=1S/C14H24N2O/c1-5-17-14-8-13(9-15-10-14)12(4)6-7-16-11(2)3/h8-12,16H,5-7H2,1-4H3. The fourth-order valence-corrected chi connectivity index (χ4v) is 1.71. The molecule has 1 rings (SSSR count). The number of nitrogens with one attached hydrogen (secondary N) is 1. The summed E-state index contributed by atoms with van der Waals surface area (Å²) in [5.74, 6) is 1.38. The van der Waals surface area contributed by atoms with Crippen molar-refractivity contribution in [3.05, 3.63) is 24.0 Å². The quantitative estimate of drug-likeness (QED) is 0.790. The van der Waals surface area contributed by atoms with E-state index in [1.165, 1.54) is 5.56 Å². The maximum atomic E-state index is 5.46. The monoisotopic (exact) mass is 236 g/mol. The summed E-state index contributed by atoms with van der Waals surface area (Å²) >= 11 is 0. The first-order valence-corrected chi connectivity index (χ1v) is 6.44. The van der Waals surface area contributed by atoms with Gasteiger partial charge in [0.2, 0.25) is 0 Å². The van der Waals surface area contributed by atoms with Gasteiger partial charge in [0.05, 0.1) is 12.8 Å². The van der Waals surface area contributed by atoms with Crippen LogP contribution in [0.5, 0.6) is 5.75 Å². The third kappa shape index (κ3) is 5.18. The molecule has 1 N–H and O–H groups in total. The predicted octanol–water partition coefficient (Wildman–Crippen LogP) is 2.97. The third-order valence-corrected chi connectivity index (χ3v) is 2.74. The molecular weight excluding hydrogens is 212 g/mol. The Hall–Kier alpha value is -1.09. The van der Waals surface area contributed by atoms with E-state index in [9.17, 15) is 0 Å². The van der Waals surface area contributed by atoms with Crippen LogP contribution < -0.4 is 10.1 Å². The van der Waals surface area contributed by atoms with Crippen molar-refractivity contribution >= 4 is 0 Å². The second kappa shape index (κ2) is 7.28. The van der Waals surface area contributed by atoms with E-state index in [0.29, 0.717) is 18.6 Å². The number of hydrogen-bond acceptors (Lipinski definition) is 3. The van der Waals surface area contributed by atoms with Crippen LogP contribution in [0.15, 0.2) is 18.5 Å². The van der Waals surface area contributed by atoms with Gasteiger partial charge in [0.25, 0.3) is 0 Å². The number of nitrogens with zero attached hydrogens (tertiary/aromatic N) is 1. The Labute approximate surface area is 105 Å². The minimum absolute atomic E-state index is 0.508. The maximum absolute atomic E-state index is 5.46. The number of pyridine rings is 1. The molecule has 1 aromatic rings. The average Bonchev–Trinajstić information content (AvgIpc) is 2.29. The minimum Gasteiger partial charge on any atom is -0.492 e. The van der Waals surface area contributed by atoms with Crippen LogP contribution in [0.25, 0.3) is 0 Å². The van der Waals surface area contributed by atoms with Crippen molar-refractivity contribution in [2.24, 2.45) is 0 Å². The summed E-state index contributed by atoms with van der Waals surface area (Å²) in [4.78, 5) is 4.22. The molecule has 1 heterocycles. The van der Waals surface area contributed by atoms with Crippen LogP contribution in [-0.4, -0.2) is 24.2 Å². The van der Waals surface area contributed by atoms with Gasteiger partial charge < -0.3 is 10.1 Å². The van der Waals surface area contributed by atoms with Crippen LogP contribution in [0.1, 0.15) is 45.6 Å². The molecule has 17 heavy (non-hydrogen) atoms. The molecule has 0 radical (unpaired) electrons. The summed E-state index contributed by atoms with van der Waals surface area (Å²) in [6, 6.07) is 2.64. The van der Waals surface area contributed by atoms with Crippen LogP contribution in [0.4, 0.5) is 0 Å². The van der Waals surface area contributed by atoms with Crippen molar-refractivity contribution in [3.63, 3.8) is 0 Å². The van der Waals surface area contributed by atoms with Gasteiger partial charge in [-0.1, -0.05) is 20.8 Å². The molecule has 0 spiro atoms. The summed E-state index contributed by atoms with van der Waals surface area (Å²) in [6.45, 7) is 10.3. The first kappa shape index (κ1) is 14.0. The molecule has 0 saturated carbocycles. The van der Waals surface area contributed by atoms with Gasteiger partial charge in [-0.25, -0.2) is 0 Å². The first-order chi connectivity index (χ1) is 8.13. The second-order valence-electron chi connectivity index (χ2n) is 4.69. The normalized spacial score (nSPS) is 12.8.